The van der Waals surface area contributed by atoms with Crippen molar-refractivity contribution in [3.05, 3.63) is 11.6 Å². The number of hydrogen-bond donors (Lipinski definition) is 3. The van der Waals surface area contributed by atoms with E-state index >= 15 is 0 Å². The van der Waals surface area contributed by atoms with Crippen LogP contribution in [0.15, 0.2) is 11.6 Å². The Hall–Kier alpha value is -0.950. The zero-order valence-corrected chi connectivity index (χ0v) is 12.1. The molecule has 0 radical (unpaired) electrons. The number of hydrogen-bond acceptors (Lipinski definition) is 5. The van der Waals surface area contributed by atoms with Crippen LogP contribution in [0.3, 0.4) is 0 Å². The molecule has 2 aliphatic heterocycles. The minimum Gasteiger partial charge on any atom is -0.481 e. The van der Waals surface area contributed by atoms with Crippen molar-refractivity contribution in [3.63, 3.8) is 0 Å². The van der Waals surface area contributed by atoms with Crippen molar-refractivity contribution in [3.8, 4) is 0 Å². The molecular formula is C15H20O6. The lowest BCUT2D eigenvalue weighted by Crippen LogP contribution is -2.67. The van der Waals surface area contributed by atoms with Crippen molar-refractivity contribution < 1.29 is 29.6 Å². The zero-order chi connectivity index (χ0) is 15.2. The average molecular weight is 296 g/mol. The quantitative estimate of drug-likeness (QED) is 0.468. The molecule has 4 aliphatic rings. The summed E-state index contributed by atoms with van der Waals surface area (Å²) in [4.78, 5) is 12.2. The number of ether oxygens (including phenoxy) is 2. The van der Waals surface area contributed by atoms with E-state index in [2.05, 4.69) is 0 Å². The molecule has 7 atom stereocenters. The normalized spacial score (nSPS) is 57.8. The van der Waals surface area contributed by atoms with Gasteiger partial charge in [-0.1, -0.05) is 18.6 Å². The fourth-order valence-corrected chi connectivity index (χ4v) is 5.04. The van der Waals surface area contributed by atoms with E-state index in [0.717, 1.165) is 5.57 Å². The van der Waals surface area contributed by atoms with E-state index in [0.29, 0.717) is 19.4 Å². The van der Waals surface area contributed by atoms with Crippen molar-refractivity contribution in [1.29, 1.82) is 0 Å². The van der Waals surface area contributed by atoms with Crippen LogP contribution in [0.5, 0.6) is 0 Å². The van der Waals surface area contributed by atoms with Gasteiger partial charge in [-0.3, -0.25) is 4.79 Å². The highest BCUT2D eigenvalue weighted by Crippen LogP contribution is 2.71. The van der Waals surface area contributed by atoms with Gasteiger partial charge in [-0.05, 0) is 19.8 Å². The average Bonchev–Trinajstić information content (AvgIpc) is 3.21. The third kappa shape index (κ3) is 1.20. The fraction of sp³-hybridized carbons (Fsp3) is 0.800. The third-order valence-electron chi connectivity index (χ3n) is 6.46. The molecule has 6 nitrogen and oxygen atoms in total. The van der Waals surface area contributed by atoms with Gasteiger partial charge in [-0.15, -0.1) is 0 Å². The minimum atomic E-state index is -1.27. The van der Waals surface area contributed by atoms with Gasteiger partial charge in [-0.2, -0.15) is 0 Å². The van der Waals surface area contributed by atoms with Crippen LogP contribution in [0.1, 0.15) is 26.7 Å². The number of allylic oxidation sites excluding steroid dienone is 1. The van der Waals surface area contributed by atoms with Crippen LogP contribution < -0.4 is 0 Å². The number of carboxylic acid groups (broad SMARTS) is 1. The maximum Gasteiger partial charge on any atom is 0.313 e. The molecule has 2 bridgehead atoms. The summed E-state index contributed by atoms with van der Waals surface area (Å²) in [7, 11) is 0. The largest absolute Gasteiger partial charge is 0.481 e. The minimum absolute atomic E-state index is 0.326. The van der Waals surface area contributed by atoms with E-state index in [4.69, 9.17) is 9.47 Å². The van der Waals surface area contributed by atoms with E-state index in [1.807, 2.05) is 13.0 Å². The molecule has 21 heavy (non-hydrogen) atoms. The van der Waals surface area contributed by atoms with E-state index < -0.39 is 46.8 Å². The molecule has 1 spiro atoms. The van der Waals surface area contributed by atoms with Crippen LogP contribution in [0.2, 0.25) is 0 Å². The summed E-state index contributed by atoms with van der Waals surface area (Å²) in [6.45, 7) is 4.02. The summed E-state index contributed by atoms with van der Waals surface area (Å²) in [6, 6.07) is 0. The van der Waals surface area contributed by atoms with Crippen molar-refractivity contribution >= 4 is 5.97 Å². The Bertz CT molecular complexity index is 552. The Morgan fingerprint density at radius 2 is 2.10 bits per heavy atom. The number of epoxide rings is 1. The van der Waals surface area contributed by atoms with Gasteiger partial charge in [0, 0.05) is 5.41 Å². The lowest BCUT2D eigenvalue weighted by atomic mass is 9.51. The maximum absolute atomic E-state index is 12.2. The second-order valence-corrected chi connectivity index (χ2v) is 7.08. The van der Waals surface area contributed by atoms with Gasteiger partial charge in [0.25, 0.3) is 0 Å². The monoisotopic (exact) mass is 296 g/mol. The number of rotatable bonds is 1. The summed E-state index contributed by atoms with van der Waals surface area (Å²) >= 11 is 0. The van der Waals surface area contributed by atoms with Gasteiger partial charge in [0.15, 0.2) is 0 Å². The first-order valence-electron chi connectivity index (χ1n) is 7.37. The van der Waals surface area contributed by atoms with E-state index in [-0.39, 0.29) is 0 Å². The van der Waals surface area contributed by atoms with Crippen LogP contribution in [-0.2, 0) is 14.3 Å². The highest BCUT2D eigenvalue weighted by molar-refractivity contribution is 5.79. The van der Waals surface area contributed by atoms with Gasteiger partial charge in [0.1, 0.15) is 23.2 Å². The summed E-state index contributed by atoms with van der Waals surface area (Å²) < 4.78 is 11.5. The molecule has 3 fully saturated rings. The second kappa shape index (κ2) is 3.68. The van der Waals surface area contributed by atoms with Crippen molar-refractivity contribution in [2.45, 2.75) is 56.7 Å². The first kappa shape index (κ1) is 13.7. The Morgan fingerprint density at radius 3 is 2.67 bits per heavy atom. The molecule has 2 aliphatic carbocycles. The molecule has 0 aromatic heterocycles. The number of aliphatic hydroxyl groups is 2. The molecule has 3 N–H and O–H groups in total. The molecule has 2 heterocycles. The molecule has 0 amide bonds. The first-order chi connectivity index (χ1) is 9.81. The summed E-state index contributed by atoms with van der Waals surface area (Å²) in [5, 5.41) is 31.0. The summed E-state index contributed by atoms with van der Waals surface area (Å²) in [5.41, 5.74) is -2.12. The fourth-order valence-electron chi connectivity index (χ4n) is 5.04. The van der Waals surface area contributed by atoms with Gasteiger partial charge in [0.2, 0.25) is 0 Å². The molecule has 4 rings (SSSR count). The molecule has 116 valence electrons. The standard InChI is InChI=1S/C15H20O6/c1-7-3-4-14(12(18)19)8(5-7)21-11-9(16)10(17)13(14,2)15(11)6-20-15/h5,8-11,16-17H,3-4,6H2,1-2H3,(H,18,19)/t8?,9-,10-,11?,13-,14+,15?/m1/s1. The number of fused-ring (bicyclic) bond motifs is 2. The first-order valence-corrected chi connectivity index (χ1v) is 7.37. The van der Waals surface area contributed by atoms with Crippen LogP contribution in [0.4, 0.5) is 0 Å². The highest BCUT2D eigenvalue weighted by Gasteiger charge is 2.86. The SMILES string of the molecule is CC1=CC2OC3[C@H](O)[C@@H](O)[C@@](C)(C34CO4)[C@@]2(C(=O)O)CC1. The molecule has 0 aromatic rings. The summed E-state index contributed by atoms with van der Waals surface area (Å²) in [5.74, 6) is -0.986. The molecule has 3 unspecified atom stereocenters. The molecule has 1 saturated carbocycles. The lowest BCUT2D eigenvalue weighted by molar-refractivity contribution is -0.225. The van der Waals surface area contributed by atoms with Gasteiger partial charge in [-0.25, -0.2) is 0 Å². The number of carbonyl (C=O) groups is 1. The molecular weight excluding hydrogens is 276 g/mol. The van der Waals surface area contributed by atoms with Crippen molar-refractivity contribution in [1.82, 2.24) is 0 Å². The number of aliphatic hydroxyl groups excluding tert-OH is 2. The van der Waals surface area contributed by atoms with Crippen LogP contribution in [0, 0.1) is 10.8 Å². The Labute approximate surface area is 122 Å². The topological polar surface area (TPSA) is 99.5 Å². The Kier molecular flexibility index (Phi) is 2.40. The molecule has 6 heteroatoms. The second-order valence-electron chi connectivity index (χ2n) is 7.08. The van der Waals surface area contributed by atoms with Crippen molar-refractivity contribution in [2.24, 2.45) is 10.8 Å². The lowest BCUT2D eigenvalue weighted by Gasteiger charge is -2.55. The van der Waals surface area contributed by atoms with Crippen LogP contribution in [-0.4, -0.2) is 57.9 Å². The smallest absolute Gasteiger partial charge is 0.313 e. The predicted molar refractivity (Wildman–Crippen MR) is 70.5 cm³/mol. The highest BCUT2D eigenvalue weighted by atomic mass is 16.6. The third-order valence-corrected chi connectivity index (χ3v) is 6.46. The number of aliphatic carboxylic acids is 1. The maximum atomic E-state index is 12.2. The van der Waals surface area contributed by atoms with Crippen molar-refractivity contribution in [2.75, 3.05) is 6.61 Å². The zero-order valence-electron chi connectivity index (χ0n) is 12.1. The molecule has 0 aromatic carbocycles. The predicted octanol–water partition coefficient (Wildman–Crippen LogP) is 0.0756. The molecule has 2 saturated heterocycles. The van der Waals surface area contributed by atoms with E-state index in [1.54, 1.807) is 6.92 Å². The van der Waals surface area contributed by atoms with Gasteiger partial charge in [0.05, 0.1) is 18.8 Å². The van der Waals surface area contributed by atoms with Crippen LogP contribution >= 0.6 is 0 Å². The van der Waals surface area contributed by atoms with E-state index in [1.165, 1.54) is 0 Å². The van der Waals surface area contributed by atoms with Gasteiger partial charge < -0.3 is 24.8 Å². The Morgan fingerprint density at radius 1 is 1.43 bits per heavy atom. The number of carboxylic acids is 1. The van der Waals surface area contributed by atoms with Crippen LogP contribution in [0.25, 0.3) is 0 Å². The van der Waals surface area contributed by atoms with Gasteiger partial charge >= 0.3 is 5.97 Å². The summed E-state index contributed by atoms with van der Waals surface area (Å²) in [6.07, 6.45) is -0.731. The Balaban J connectivity index is 1.96. The van der Waals surface area contributed by atoms with E-state index in [9.17, 15) is 20.1 Å².